The Balaban J connectivity index is 2.10. The van der Waals surface area contributed by atoms with Crippen LogP contribution in [0.3, 0.4) is 0 Å². The number of rotatable bonds is 8. The molecule has 0 fully saturated rings. The van der Waals surface area contributed by atoms with Crippen molar-refractivity contribution in [2.24, 2.45) is 0 Å². The number of benzene rings is 2. The van der Waals surface area contributed by atoms with Crippen LogP contribution < -0.4 is 14.2 Å². The number of methoxy groups -OCH3 is 3. The van der Waals surface area contributed by atoms with Gasteiger partial charge in [0.1, 0.15) is 0 Å². The van der Waals surface area contributed by atoms with Crippen molar-refractivity contribution >= 4 is 11.8 Å². The molecule has 2 rings (SSSR count). The third-order valence-corrected chi connectivity index (χ3v) is 4.54. The Morgan fingerprint density at radius 3 is 2.00 bits per heavy atom. The molecule has 6 heteroatoms. The molecule has 0 aliphatic carbocycles. The zero-order valence-electron chi connectivity index (χ0n) is 17.1. The van der Waals surface area contributed by atoms with E-state index in [-0.39, 0.29) is 12.2 Å². The molecule has 0 radical (unpaired) electrons. The predicted molar refractivity (Wildman–Crippen MR) is 106 cm³/mol. The van der Waals surface area contributed by atoms with Crippen molar-refractivity contribution < 1.29 is 28.5 Å². The van der Waals surface area contributed by atoms with Crippen molar-refractivity contribution in [1.82, 2.24) is 0 Å². The molecule has 150 valence electrons. The number of hydrogen-bond donors (Lipinski definition) is 0. The summed E-state index contributed by atoms with van der Waals surface area (Å²) in [5, 5.41) is 0. The Morgan fingerprint density at radius 1 is 0.893 bits per heavy atom. The van der Waals surface area contributed by atoms with Crippen LogP contribution in [0.4, 0.5) is 0 Å². The fourth-order valence-electron chi connectivity index (χ4n) is 2.83. The van der Waals surface area contributed by atoms with E-state index >= 15 is 0 Å². The van der Waals surface area contributed by atoms with Gasteiger partial charge in [-0.3, -0.25) is 9.59 Å². The molecule has 28 heavy (non-hydrogen) atoms. The SMILES string of the molecule is COc1cc(CC(=O)O[C@H](C)C(=O)c2ccc(C)c(C)c2)cc(OC)c1OC. The lowest BCUT2D eigenvalue weighted by atomic mass is 10.0. The summed E-state index contributed by atoms with van der Waals surface area (Å²) >= 11 is 0. The van der Waals surface area contributed by atoms with Crippen LogP contribution in [-0.2, 0) is 16.0 Å². The lowest BCUT2D eigenvalue weighted by molar-refractivity contribution is -0.145. The fourth-order valence-corrected chi connectivity index (χ4v) is 2.83. The van der Waals surface area contributed by atoms with E-state index in [0.717, 1.165) is 11.1 Å². The molecular formula is C22H26O6. The Labute approximate surface area is 165 Å². The molecular weight excluding hydrogens is 360 g/mol. The second-order valence-electron chi connectivity index (χ2n) is 6.51. The maximum absolute atomic E-state index is 12.5. The first-order valence-electron chi connectivity index (χ1n) is 8.90. The molecule has 2 aromatic rings. The molecule has 1 atom stereocenters. The van der Waals surface area contributed by atoms with Crippen LogP contribution in [-0.4, -0.2) is 39.2 Å². The van der Waals surface area contributed by atoms with Crippen molar-refractivity contribution in [1.29, 1.82) is 0 Å². The third kappa shape index (κ3) is 4.82. The minimum absolute atomic E-state index is 0.0265. The normalized spacial score (nSPS) is 11.5. The van der Waals surface area contributed by atoms with Crippen molar-refractivity contribution in [3.63, 3.8) is 0 Å². The Hall–Kier alpha value is -3.02. The third-order valence-electron chi connectivity index (χ3n) is 4.54. The van der Waals surface area contributed by atoms with Gasteiger partial charge in [-0.2, -0.15) is 0 Å². The van der Waals surface area contributed by atoms with Gasteiger partial charge in [0, 0.05) is 5.56 Å². The number of carbonyl (C=O) groups excluding carboxylic acids is 2. The van der Waals surface area contributed by atoms with Gasteiger partial charge in [0.05, 0.1) is 27.8 Å². The number of aryl methyl sites for hydroxylation is 2. The number of ether oxygens (including phenoxy) is 4. The highest BCUT2D eigenvalue weighted by Gasteiger charge is 2.21. The lowest BCUT2D eigenvalue weighted by Crippen LogP contribution is -2.25. The lowest BCUT2D eigenvalue weighted by Gasteiger charge is -2.15. The molecule has 0 heterocycles. The van der Waals surface area contributed by atoms with E-state index in [4.69, 9.17) is 18.9 Å². The maximum atomic E-state index is 12.5. The average molecular weight is 386 g/mol. The van der Waals surface area contributed by atoms with Gasteiger partial charge in [-0.1, -0.05) is 12.1 Å². The average Bonchev–Trinajstić information content (AvgIpc) is 2.68. The summed E-state index contributed by atoms with van der Waals surface area (Å²) in [6, 6.07) is 8.79. The minimum atomic E-state index is -0.878. The monoisotopic (exact) mass is 386 g/mol. The fraction of sp³-hybridized carbons (Fsp3) is 0.364. The summed E-state index contributed by atoms with van der Waals surface area (Å²) in [7, 11) is 4.52. The van der Waals surface area contributed by atoms with Crippen molar-refractivity contribution in [2.75, 3.05) is 21.3 Å². The number of Topliss-reactive ketones (excluding diaryl/α,β-unsaturated/α-hetero) is 1. The molecule has 6 nitrogen and oxygen atoms in total. The molecule has 0 unspecified atom stereocenters. The van der Waals surface area contributed by atoms with E-state index < -0.39 is 12.1 Å². The second-order valence-corrected chi connectivity index (χ2v) is 6.51. The molecule has 0 saturated heterocycles. The first kappa shape index (κ1) is 21.3. The topological polar surface area (TPSA) is 71.1 Å². The van der Waals surface area contributed by atoms with Gasteiger partial charge in [0.15, 0.2) is 17.6 Å². The smallest absolute Gasteiger partial charge is 0.310 e. The molecule has 0 spiro atoms. The van der Waals surface area contributed by atoms with Gasteiger partial charge in [-0.05, 0) is 55.7 Å². The molecule has 0 aliphatic rings. The van der Waals surface area contributed by atoms with Crippen molar-refractivity contribution in [2.45, 2.75) is 33.3 Å². The van der Waals surface area contributed by atoms with Gasteiger partial charge in [-0.25, -0.2) is 0 Å². The Kier molecular flexibility index (Phi) is 7.04. The van der Waals surface area contributed by atoms with Gasteiger partial charge < -0.3 is 18.9 Å². The van der Waals surface area contributed by atoms with E-state index in [2.05, 4.69) is 0 Å². The standard InChI is InChI=1S/C22H26O6/c1-13-7-8-17(9-14(13)2)21(24)15(3)28-20(23)12-16-10-18(25-4)22(27-6)19(11-16)26-5/h7-11,15H,12H2,1-6H3/t15-/m1/s1. The highest BCUT2D eigenvalue weighted by atomic mass is 16.5. The van der Waals surface area contributed by atoms with E-state index in [0.29, 0.717) is 28.4 Å². The number of esters is 1. The first-order chi connectivity index (χ1) is 13.3. The molecule has 0 amide bonds. The van der Waals surface area contributed by atoms with Crippen LogP contribution in [0.15, 0.2) is 30.3 Å². The van der Waals surface area contributed by atoms with E-state index in [1.165, 1.54) is 21.3 Å². The van der Waals surface area contributed by atoms with Crippen LogP contribution in [0.5, 0.6) is 17.2 Å². The van der Waals surface area contributed by atoms with Crippen LogP contribution in [0, 0.1) is 13.8 Å². The largest absolute Gasteiger partial charge is 0.493 e. The summed E-state index contributed by atoms with van der Waals surface area (Å²) in [5.74, 6) is 0.591. The van der Waals surface area contributed by atoms with Crippen LogP contribution >= 0.6 is 0 Å². The van der Waals surface area contributed by atoms with Crippen molar-refractivity contribution in [3.05, 3.63) is 52.6 Å². The second kappa shape index (κ2) is 9.26. The Bertz CT molecular complexity index is 846. The quantitative estimate of drug-likeness (QED) is 0.509. The van der Waals surface area contributed by atoms with Gasteiger partial charge in [0.25, 0.3) is 0 Å². The van der Waals surface area contributed by atoms with E-state index in [1.54, 1.807) is 31.2 Å². The summed E-state index contributed by atoms with van der Waals surface area (Å²) in [4.78, 5) is 24.9. The highest BCUT2D eigenvalue weighted by molar-refractivity contribution is 6.00. The van der Waals surface area contributed by atoms with Crippen LogP contribution in [0.25, 0.3) is 0 Å². The molecule has 2 aromatic carbocycles. The molecule has 0 aromatic heterocycles. The maximum Gasteiger partial charge on any atom is 0.310 e. The van der Waals surface area contributed by atoms with Gasteiger partial charge in [0.2, 0.25) is 11.5 Å². The van der Waals surface area contributed by atoms with Crippen LogP contribution in [0.2, 0.25) is 0 Å². The molecule has 0 bridgehead atoms. The van der Waals surface area contributed by atoms with Gasteiger partial charge in [-0.15, -0.1) is 0 Å². The summed E-state index contributed by atoms with van der Waals surface area (Å²) in [6.07, 6.45) is -0.905. The number of carbonyl (C=O) groups is 2. The summed E-state index contributed by atoms with van der Waals surface area (Å²) < 4.78 is 21.2. The zero-order chi connectivity index (χ0) is 20.8. The molecule has 0 aliphatic heterocycles. The molecule has 0 N–H and O–H groups in total. The van der Waals surface area contributed by atoms with Crippen LogP contribution in [0.1, 0.15) is 34.0 Å². The van der Waals surface area contributed by atoms with Crippen molar-refractivity contribution in [3.8, 4) is 17.2 Å². The zero-order valence-corrected chi connectivity index (χ0v) is 17.1. The van der Waals surface area contributed by atoms with Gasteiger partial charge >= 0.3 is 5.97 Å². The summed E-state index contributed by atoms with van der Waals surface area (Å²) in [6.45, 7) is 5.49. The number of hydrogen-bond acceptors (Lipinski definition) is 6. The minimum Gasteiger partial charge on any atom is -0.493 e. The number of ketones is 1. The van der Waals surface area contributed by atoms with E-state index in [1.807, 2.05) is 19.9 Å². The molecule has 0 saturated carbocycles. The van der Waals surface area contributed by atoms with E-state index in [9.17, 15) is 9.59 Å². The predicted octanol–water partition coefficient (Wildman–Crippen LogP) is 3.69. The first-order valence-corrected chi connectivity index (χ1v) is 8.90. The highest BCUT2D eigenvalue weighted by Crippen LogP contribution is 2.38. The Morgan fingerprint density at radius 2 is 1.50 bits per heavy atom. The summed E-state index contributed by atoms with van der Waals surface area (Å²) in [5.41, 5.74) is 3.27.